The predicted octanol–water partition coefficient (Wildman–Crippen LogP) is 2.37. The molecule has 23 heavy (non-hydrogen) atoms. The third-order valence-corrected chi connectivity index (χ3v) is 6.63. The number of benzene rings is 1. The zero-order valence-electron chi connectivity index (χ0n) is 12.8. The normalized spacial score (nSPS) is 23.3. The van der Waals surface area contributed by atoms with Gasteiger partial charge < -0.3 is 4.74 Å². The molecule has 3 unspecified atom stereocenters. The summed E-state index contributed by atoms with van der Waals surface area (Å²) in [7, 11) is -2.67. The van der Waals surface area contributed by atoms with Gasteiger partial charge in [-0.05, 0) is 37.3 Å². The van der Waals surface area contributed by atoms with Crippen LogP contribution in [0.25, 0.3) is 0 Å². The van der Waals surface area contributed by atoms with Crippen LogP contribution in [0.5, 0.6) is 0 Å². The van der Waals surface area contributed by atoms with Crippen LogP contribution in [0, 0.1) is 5.92 Å². The maximum absolute atomic E-state index is 12.8. The highest BCUT2D eigenvalue weighted by Crippen LogP contribution is 2.32. The smallest absolute Gasteiger partial charge is 0.324 e. The molecule has 0 bridgehead atoms. The van der Waals surface area contributed by atoms with Crippen molar-refractivity contribution in [3.8, 4) is 0 Å². The number of hydrogen-bond donors (Lipinski definition) is 0. The number of rotatable bonds is 5. The lowest BCUT2D eigenvalue weighted by molar-refractivity contribution is -0.140. The molecule has 1 fully saturated rings. The van der Waals surface area contributed by atoms with Gasteiger partial charge in [0.1, 0.15) is 0 Å². The van der Waals surface area contributed by atoms with Crippen LogP contribution in [-0.4, -0.2) is 37.9 Å². The lowest BCUT2D eigenvalue weighted by Crippen LogP contribution is -2.36. The van der Waals surface area contributed by atoms with Crippen LogP contribution in [-0.2, 0) is 24.2 Å². The minimum Gasteiger partial charge on any atom is -0.468 e. The molecule has 126 valence electrons. The van der Waals surface area contributed by atoms with Crippen LogP contribution >= 0.6 is 11.6 Å². The molecule has 0 aromatic heterocycles. The first-order chi connectivity index (χ1) is 10.9. The first-order valence-electron chi connectivity index (χ1n) is 7.39. The number of carbonyl (C=O) groups is 2. The zero-order valence-corrected chi connectivity index (χ0v) is 14.3. The Morgan fingerprint density at radius 1 is 1.35 bits per heavy atom. The molecule has 0 N–H and O–H groups in total. The number of ether oxygens (including phenoxy) is 1. The lowest BCUT2D eigenvalue weighted by Gasteiger charge is -2.27. The van der Waals surface area contributed by atoms with Crippen LogP contribution in [0.15, 0.2) is 35.2 Å². The van der Waals surface area contributed by atoms with Crippen molar-refractivity contribution in [1.82, 2.24) is 0 Å². The first kappa shape index (κ1) is 17.9. The van der Waals surface area contributed by atoms with E-state index in [1.54, 1.807) is 18.2 Å². The van der Waals surface area contributed by atoms with Crippen molar-refractivity contribution in [3.05, 3.63) is 30.3 Å². The van der Waals surface area contributed by atoms with Crippen molar-refractivity contribution in [3.63, 3.8) is 0 Å². The van der Waals surface area contributed by atoms with E-state index in [-0.39, 0.29) is 23.0 Å². The van der Waals surface area contributed by atoms with Crippen LogP contribution in [0.3, 0.4) is 0 Å². The average Bonchev–Trinajstić information content (AvgIpc) is 2.55. The highest BCUT2D eigenvalue weighted by atomic mass is 35.5. The number of carbonyl (C=O) groups excluding carboxylic acids is 2. The number of esters is 1. The second-order valence-corrected chi connectivity index (χ2v) is 8.34. The summed E-state index contributed by atoms with van der Waals surface area (Å²) in [5.41, 5.74) is 0. The summed E-state index contributed by atoms with van der Waals surface area (Å²) in [6.07, 6.45) is 1.36. The molecular weight excluding hydrogens is 340 g/mol. The molecule has 7 heteroatoms. The number of Topliss-reactive ketones (excluding diaryl/α,β-unsaturated/α-hetero) is 1. The minimum atomic E-state index is -3.85. The topological polar surface area (TPSA) is 77.5 Å². The van der Waals surface area contributed by atoms with Crippen LogP contribution in [0.1, 0.15) is 25.7 Å². The standard InChI is InChI=1S/C16H19ClO5S/c1-22-16(19)15(10-11-7-8-14(18)13(17)9-11)23(20,21)12-5-3-2-4-6-12/h2-6,11,13,15H,7-10H2,1H3. The Labute approximate surface area is 140 Å². The van der Waals surface area contributed by atoms with Crippen LogP contribution in [0.2, 0.25) is 0 Å². The van der Waals surface area contributed by atoms with E-state index in [9.17, 15) is 18.0 Å². The van der Waals surface area contributed by atoms with Crippen LogP contribution < -0.4 is 0 Å². The van der Waals surface area contributed by atoms with Gasteiger partial charge in [-0.3, -0.25) is 9.59 Å². The minimum absolute atomic E-state index is 0.0246. The van der Waals surface area contributed by atoms with Crippen molar-refractivity contribution >= 4 is 33.2 Å². The predicted molar refractivity (Wildman–Crippen MR) is 86.0 cm³/mol. The van der Waals surface area contributed by atoms with Gasteiger partial charge in [-0.2, -0.15) is 0 Å². The molecule has 1 saturated carbocycles. The maximum Gasteiger partial charge on any atom is 0.324 e. The third kappa shape index (κ3) is 4.12. The van der Waals surface area contributed by atoms with E-state index in [1.165, 1.54) is 19.2 Å². The highest BCUT2D eigenvalue weighted by Gasteiger charge is 2.39. The van der Waals surface area contributed by atoms with Gasteiger partial charge in [-0.25, -0.2) is 8.42 Å². The van der Waals surface area contributed by atoms with Crippen molar-refractivity contribution < 1.29 is 22.7 Å². The molecule has 2 rings (SSSR count). The Morgan fingerprint density at radius 3 is 2.57 bits per heavy atom. The van der Waals surface area contributed by atoms with E-state index in [0.29, 0.717) is 19.3 Å². The third-order valence-electron chi connectivity index (χ3n) is 4.15. The van der Waals surface area contributed by atoms with Gasteiger partial charge in [-0.1, -0.05) is 18.2 Å². The summed E-state index contributed by atoms with van der Waals surface area (Å²) in [5.74, 6) is -0.905. The monoisotopic (exact) mass is 358 g/mol. The first-order valence-corrected chi connectivity index (χ1v) is 9.38. The van der Waals surface area contributed by atoms with Gasteiger partial charge in [-0.15, -0.1) is 11.6 Å². The number of halogens is 1. The van der Waals surface area contributed by atoms with Gasteiger partial charge >= 0.3 is 5.97 Å². The van der Waals surface area contributed by atoms with E-state index in [4.69, 9.17) is 16.3 Å². The molecule has 0 aliphatic heterocycles. The largest absolute Gasteiger partial charge is 0.468 e. The molecule has 1 aromatic carbocycles. The molecule has 0 radical (unpaired) electrons. The number of alkyl halides is 1. The van der Waals surface area contributed by atoms with Crippen molar-refractivity contribution in [2.45, 2.75) is 41.2 Å². The second-order valence-electron chi connectivity index (χ2n) is 5.68. The molecule has 1 aliphatic carbocycles. The van der Waals surface area contributed by atoms with Gasteiger partial charge in [0.15, 0.2) is 20.9 Å². The fourth-order valence-corrected chi connectivity index (χ4v) is 4.92. The molecule has 1 aromatic rings. The molecule has 0 heterocycles. The van der Waals surface area contributed by atoms with Gasteiger partial charge in [0, 0.05) is 6.42 Å². The van der Waals surface area contributed by atoms with Gasteiger partial charge in [0.2, 0.25) is 0 Å². The molecule has 1 aliphatic rings. The van der Waals surface area contributed by atoms with E-state index < -0.39 is 26.4 Å². The van der Waals surface area contributed by atoms with E-state index >= 15 is 0 Å². The maximum atomic E-state index is 12.8. The Morgan fingerprint density at radius 2 is 2.00 bits per heavy atom. The van der Waals surface area contributed by atoms with Gasteiger partial charge in [0.05, 0.1) is 17.4 Å². The summed E-state index contributed by atoms with van der Waals surface area (Å²) < 4.78 is 30.2. The Balaban J connectivity index is 2.24. The van der Waals surface area contributed by atoms with Crippen LogP contribution in [0.4, 0.5) is 0 Å². The van der Waals surface area contributed by atoms with E-state index in [1.807, 2.05) is 0 Å². The lowest BCUT2D eigenvalue weighted by atomic mass is 9.85. The number of sulfone groups is 1. The SMILES string of the molecule is COC(=O)C(CC1CCC(=O)C(Cl)C1)S(=O)(=O)c1ccccc1. The molecule has 5 nitrogen and oxygen atoms in total. The van der Waals surface area contributed by atoms with E-state index in [0.717, 1.165) is 0 Å². The zero-order chi connectivity index (χ0) is 17.0. The summed E-state index contributed by atoms with van der Waals surface area (Å²) in [6, 6.07) is 7.83. The number of methoxy groups -OCH3 is 1. The van der Waals surface area contributed by atoms with Crippen molar-refractivity contribution in [1.29, 1.82) is 0 Å². The molecule has 3 atom stereocenters. The molecule has 0 saturated heterocycles. The summed E-state index contributed by atoms with van der Waals surface area (Å²) in [5, 5.41) is -1.89. The Hall–Kier alpha value is -1.40. The Kier molecular flexibility index (Phi) is 5.81. The quantitative estimate of drug-likeness (QED) is 0.596. The Bertz CT molecular complexity index is 671. The second kappa shape index (κ2) is 7.45. The number of hydrogen-bond acceptors (Lipinski definition) is 5. The van der Waals surface area contributed by atoms with Gasteiger partial charge in [0.25, 0.3) is 0 Å². The van der Waals surface area contributed by atoms with E-state index in [2.05, 4.69) is 0 Å². The number of ketones is 1. The molecule has 0 spiro atoms. The molecule has 0 amide bonds. The summed E-state index contributed by atoms with van der Waals surface area (Å²) in [4.78, 5) is 23.6. The average molecular weight is 359 g/mol. The fourth-order valence-electron chi connectivity index (χ4n) is 2.82. The van der Waals surface area contributed by atoms with Crippen molar-refractivity contribution in [2.75, 3.05) is 7.11 Å². The summed E-state index contributed by atoms with van der Waals surface area (Å²) >= 11 is 5.97. The van der Waals surface area contributed by atoms with Crippen molar-refractivity contribution in [2.24, 2.45) is 5.92 Å². The summed E-state index contributed by atoms with van der Waals surface area (Å²) in [6.45, 7) is 0. The highest BCUT2D eigenvalue weighted by molar-refractivity contribution is 7.92. The molecular formula is C16H19ClO5S. The fraction of sp³-hybridized carbons (Fsp3) is 0.500.